The third-order valence-corrected chi connectivity index (χ3v) is 6.44. The summed E-state index contributed by atoms with van der Waals surface area (Å²) in [5.41, 5.74) is 1.43. The van der Waals surface area contributed by atoms with Crippen molar-refractivity contribution in [3.8, 4) is 0 Å². The minimum absolute atomic E-state index is 0.0170. The molecule has 0 radical (unpaired) electrons. The van der Waals surface area contributed by atoms with Gasteiger partial charge in [-0.25, -0.2) is 0 Å². The number of anilines is 1. The molecule has 3 aromatic heterocycles. The number of hydrogen-bond acceptors (Lipinski definition) is 6. The molecule has 0 saturated heterocycles. The van der Waals surface area contributed by atoms with E-state index in [9.17, 15) is 14.4 Å². The summed E-state index contributed by atoms with van der Waals surface area (Å²) in [6.07, 6.45) is 13.0. The molecule has 1 fully saturated rings. The molecule has 1 saturated carbocycles. The molecule has 10 heteroatoms. The number of pyridine rings is 2. The van der Waals surface area contributed by atoms with Gasteiger partial charge in [0.15, 0.2) is 5.69 Å². The molecule has 0 spiro atoms. The summed E-state index contributed by atoms with van der Waals surface area (Å²) in [5.74, 6) is 0.141. The van der Waals surface area contributed by atoms with E-state index in [1.54, 1.807) is 33.9 Å². The van der Waals surface area contributed by atoms with Crippen LogP contribution < -0.4 is 16.2 Å². The van der Waals surface area contributed by atoms with Crippen molar-refractivity contribution in [2.75, 3.05) is 5.32 Å². The van der Waals surface area contributed by atoms with Crippen LogP contribution in [0.3, 0.4) is 0 Å². The van der Waals surface area contributed by atoms with E-state index in [1.807, 2.05) is 18.2 Å². The van der Waals surface area contributed by atoms with Gasteiger partial charge in [-0.2, -0.15) is 0 Å². The summed E-state index contributed by atoms with van der Waals surface area (Å²) in [6.45, 7) is 1.47. The van der Waals surface area contributed by atoms with Crippen LogP contribution in [0, 0.1) is 5.92 Å². The van der Waals surface area contributed by atoms with E-state index in [1.165, 1.54) is 25.3 Å². The molecular formula is C26H33N7O3. The van der Waals surface area contributed by atoms with Crippen molar-refractivity contribution >= 4 is 17.5 Å². The summed E-state index contributed by atoms with van der Waals surface area (Å²) < 4.78 is 3.26. The van der Waals surface area contributed by atoms with Crippen LogP contribution in [0.5, 0.6) is 0 Å². The number of amides is 2. The van der Waals surface area contributed by atoms with Gasteiger partial charge in [-0.1, -0.05) is 30.5 Å². The van der Waals surface area contributed by atoms with Gasteiger partial charge in [0.2, 0.25) is 5.91 Å². The molecule has 190 valence electrons. The molecule has 3 heterocycles. The molecule has 3 aromatic rings. The van der Waals surface area contributed by atoms with Crippen molar-refractivity contribution in [3.05, 3.63) is 70.7 Å². The SMILES string of the molecule is O=C(CC1CCCCC1)Nc1ccn(CCCCn2cc(C(=O)NCc3ccccn3)nn2)c(=O)c1. The smallest absolute Gasteiger partial charge is 0.273 e. The number of hydrogen-bond donors (Lipinski definition) is 2. The van der Waals surface area contributed by atoms with E-state index in [2.05, 4.69) is 25.9 Å². The van der Waals surface area contributed by atoms with Crippen molar-refractivity contribution in [2.24, 2.45) is 5.92 Å². The average Bonchev–Trinajstić information content (AvgIpc) is 3.36. The normalized spacial score (nSPS) is 13.9. The lowest BCUT2D eigenvalue weighted by Gasteiger charge is -2.20. The van der Waals surface area contributed by atoms with E-state index in [0.717, 1.165) is 31.4 Å². The first-order valence-electron chi connectivity index (χ1n) is 12.7. The fraction of sp³-hybridized carbons (Fsp3) is 0.462. The Balaban J connectivity index is 1.17. The van der Waals surface area contributed by atoms with Crippen LogP contribution in [0.1, 0.15) is 67.5 Å². The molecule has 10 nitrogen and oxygen atoms in total. The summed E-state index contributed by atoms with van der Waals surface area (Å²) in [6, 6.07) is 8.77. The van der Waals surface area contributed by atoms with Crippen LogP contribution in [0.2, 0.25) is 0 Å². The highest BCUT2D eigenvalue weighted by Crippen LogP contribution is 2.26. The number of carbonyl (C=O) groups is 2. The molecule has 4 rings (SSSR count). The third kappa shape index (κ3) is 7.59. The van der Waals surface area contributed by atoms with Gasteiger partial charge in [0.05, 0.1) is 18.4 Å². The van der Waals surface area contributed by atoms with Gasteiger partial charge in [0, 0.05) is 43.7 Å². The number of aromatic nitrogens is 5. The highest BCUT2D eigenvalue weighted by Gasteiger charge is 2.17. The monoisotopic (exact) mass is 491 g/mol. The lowest BCUT2D eigenvalue weighted by Crippen LogP contribution is -2.23. The van der Waals surface area contributed by atoms with Crippen molar-refractivity contribution in [1.82, 2.24) is 29.9 Å². The molecule has 1 aliphatic rings. The predicted molar refractivity (Wildman–Crippen MR) is 135 cm³/mol. The second-order valence-corrected chi connectivity index (χ2v) is 9.28. The first kappa shape index (κ1) is 25.3. The maximum atomic E-state index is 12.5. The van der Waals surface area contributed by atoms with Crippen LogP contribution >= 0.6 is 0 Å². The van der Waals surface area contributed by atoms with Gasteiger partial charge >= 0.3 is 0 Å². The largest absolute Gasteiger partial charge is 0.345 e. The topological polar surface area (TPSA) is 124 Å². The van der Waals surface area contributed by atoms with Gasteiger partial charge in [0.1, 0.15) is 0 Å². The lowest BCUT2D eigenvalue weighted by molar-refractivity contribution is -0.117. The molecule has 0 aromatic carbocycles. The Morgan fingerprint density at radius 2 is 1.89 bits per heavy atom. The van der Waals surface area contributed by atoms with Crippen LogP contribution in [0.25, 0.3) is 0 Å². The first-order chi connectivity index (χ1) is 17.6. The van der Waals surface area contributed by atoms with Crippen molar-refractivity contribution in [2.45, 2.75) is 71.0 Å². The molecule has 2 N–H and O–H groups in total. The quantitative estimate of drug-likeness (QED) is 0.397. The van der Waals surface area contributed by atoms with Crippen LogP contribution in [-0.2, 0) is 24.4 Å². The summed E-state index contributed by atoms with van der Waals surface area (Å²) in [4.78, 5) is 41.2. The highest BCUT2D eigenvalue weighted by molar-refractivity contribution is 5.91. The lowest BCUT2D eigenvalue weighted by atomic mass is 9.87. The molecule has 0 aliphatic heterocycles. The van der Waals surface area contributed by atoms with E-state index in [0.29, 0.717) is 37.7 Å². The van der Waals surface area contributed by atoms with Gasteiger partial charge in [0.25, 0.3) is 11.5 Å². The third-order valence-electron chi connectivity index (χ3n) is 6.44. The summed E-state index contributed by atoms with van der Waals surface area (Å²) in [5, 5.41) is 13.6. The number of carbonyl (C=O) groups excluding carboxylic acids is 2. The number of nitrogens with zero attached hydrogens (tertiary/aromatic N) is 5. The second-order valence-electron chi connectivity index (χ2n) is 9.28. The highest BCUT2D eigenvalue weighted by atomic mass is 16.2. The minimum atomic E-state index is -0.302. The van der Waals surface area contributed by atoms with Crippen molar-refractivity contribution in [3.63, 3.8) is 0 Å². The Labute approximate surface area is 210 Å². The second kappa shape index (κ2) is 12.8. The molecule has 1 aliphatic carbocycles. The molecule has 36 heavy (non-hydrogen) atoms. The van der Waals surface area contributed by atoms with Crippen LogP contribution in [-0.4, -0.2) is 36.4 Å². The Kier molecular flexibility index (Phi) is 8.96. The summed E-state index contributed by atoms with van der Waals surface area (Å²) in [7, 11) is 0. The first-order valence-corrected chi connectivity index (χ1v) is 12.7. The van der Waals surface area contributed by atoms with Crippen LogP contribution in [0.15, 0.2) is 53.7 Å². The van der Waals surface area contributed by atoms with Gasteiger partial charge < -0.3 is 15.2 Å². The van der Waals surface area contributed by atoms with Gasteiger partial charge in [-0.3, -0.25) is 24.0 Å². The number of unbranched alkanes of at least 4 members (excludes halogenated alkanes) is 1. The van der Waals surface area contributed by atoms with E-state index >= 15 is 0 Å². The summed E-state index contributed by atoms with van der Waals surface area (Å²) >= 11 is 0. The number of rotatable bonds is 11. The standard InChI is InChI=1S/C26H33N7O3/c34-24(16-20-8-2-1-3-9-20)29-21-11-15-32(25(35)17-21)13-6-7-14-33-19-23(30-31-33)26(36)28-18-22-10-4-5-12-27-22/h4-5,10-12,15,17,19-20H,1-3,6-9,13-14,16,18H2,(H,28,36)(H,29,34). The van der Waals surface area contributed by atoms with E-state index < -0.39 is 0 Å². The van der Waals surface area contributed by atoms with E-state index in [4.69, 9.17) is 0 Å². The Hall–Kier alpha value is -3.82. The van der Waals surface area contributed by atoms with E-state index in [-0.39, 0.29) is 23.1 Å². The van der Waals surface area contributed by atoms with Crippen LogP contribution in [0.4, 0.5) is 5.69 Å². The molecule has 2 amide bonds. The zero-order valence-corrected chi connectivity index (χ0v) is 20.4. The maximum absolute atomic E-state index is 12.5. The molecule has 0 atom stereocenters. The number of nitrogens with one attached hydrogen (secondary N) is 2. The Morgan fingerprint density at radius 1 is 1.06 bits per heavy atom. The fourth-order valence-corrected chi connectivity index (χ4v) is 4.47. The maximum Gasteiger partial charge on any atom is 0.273 e. The van der Waals surface area contributed by atoms with Crippen molar-refractivity contribution in [1.29, 1.82) is 0 Å². The Morgan fingerprint density at radius 3 is 2.67 bits per heavy atom. The Bertz CT molecular complexity index is 1200. The predicted octanol–water partition coefficient (Wildman–Crippen LogP) is 3.15. The average molecular weight is 492 g/mol. The molecular weight excluding hydrogens is 458 g/mol. The zero-order valence-electron chi connectivity index (χ0n) is 20.4. The van der Waals surface area contributed by atoms with Gasteiger partial charge in [-0.05, 0) is 49.8 Å². The number of aryl methyl sites for hydroxylation is 2. The van der Waals surface area contributed by atoms with Crippen molar-refractivity contribution < 1.29 is 9.59 Å². The van der Waals surface area contributed by atoms with Gasteiger partial charge in [-0.15, -0.1) is 5.10 Å². The molecule has 0 unspecified atom stereocenters. The minimum Gasteiger partial charge on any atom is -0.345 e. The fourth-order valence-electron chi connectivity index (χ4n) is 4.47. The molecule has 0 bridgehead atoms. The zero-order chi connectivity index (χ0) is 25.2.